The van der Waals surface area contributed by atoms with Gasteiger partial charge in [-0.2, -0.15) is 0 Å². The lowest BCUT2D eigenvalue weighted by molar-refractivity contribution is -0.133. The fraction of sp³-hybridized carbons (Fsp3) is 0.556. The molecule has 2 aliphatic rings. The van der Waals surface area contributed by atoms with Gasteiger partial charge in [0.2, 0.25) is 5.91 Å². The molecule has 0 spiro atoms. The van der Waals surface area contributed by atoms with E-state index in [1.807, 2.05) is 36.1 Å². The van der Waals surface area contributed by atoms with Crippen LogP contribution in [0.15, 0.2) is 24.3 Å². The molecule has 0 aromatic heterocycles. The molecule has 1 saturated carbocycles. The number of benzene rings is 1. The lowest BCUT2D eigenvalue weighted by atomic mass is 9.94. The van der Waals surface area contributed by atoms with Crippen LogP contribution in [0.1, 0.15) is 43.2 Å². The van der Waals surface area contributed by atoms with Crippen molar-refractivity contribution in [3.63, 3.8) is 0 Å². The predicted molar refractivity (Wildman–Crippen MR) is 82.0 cm³/mol. The number of carbonyl (C=O) groups is 2. The molecule has 2 unspecified atom stereocenters. The highest BCUT2D eigenvalue weighted by molar-refractivity contribution is 5.85. The van der Waals surface area contributed by atoms with Crippen molar-refractivity contribution in [2.24, 2.45) is 5.92 Å². The number of Topliss-reactive ketones (excluding diaryl/α,β-unsaturated/α-hetero) is 1. The molecule has 2 atom stereocenters. The maximum absolute atomic E-state index is 12.6. The molecule has 0 bridgehead atoms. The first-order chi connectivity index (χ1) is 10.1. The molecule has 1 aliphatic carbocycles. The van der Waals surface area contributed by atoms with Crippen molar-refractivity contribution in [2.75, 3.05) is 6.54 Å². The Hall–Kier alpha value is -1.64. The summed E-state index contributed by atoms with van der Waals surface area (Å²) >= 11 is 0. The Bertz CT molecular complexity index is 535. The van der Waals surface area contributed by atoms with Crippen molar-refractivity contribution in [3.8, 4) is 0 Å². The van der Waals surface area contributed by atoms with E-state index in [9.17, 15) is 9.59 Å². The summed E-state index contributed by atoms with van der Waals surface area (Å²) in [5.41, 5.74) is 2.27. The molecule has 21 heavy (non-hydrogen) atoms. The standard InChI is InChI=1S/C18H23NO2/c1-13-7-9-14(10-8-13)12-18(21)19-11-3-5-16(19)15-4-2-6-17(15)20/h7-10,15-16H,2-6,11-12H2,1H3. The van der Waals surface area contributed by atoms with Gasteiger partial charge in [-0.3, -0.25) is 9.59 Å². The number of carbonyl (C=O) groups excluding carboxylic acids is 2. The van der Waals surface area contributed by atoms with Crippen LogP contribution in [0.3, 0.4) is 0 Å². The van der Waals surface area contributed by atoms with E-state index in [1.165, 1.54) is 5.56 Å². The van der Waals surface area contributed by atoms with Gasteiger partial charge in [-0.1, -0.05) is 29.8 Å². The number of hydrogen-bond donors (Lipinski definition) is 0. The van der Waals surface area contributed by atoms with E-state index in [0.717, 1.165) is 37.8 Å². The molecule has 1 amide bonds. The Morgan fingerprint density at radius 3 is 2.62 bits per heavy atom. The summed E-state index contributed by atoms with van der Waals surface area (Å²) in [6, 6.07) is 8.31. The maximum Gasteiger partial charge on any atom is 0.227 e. The second-order valence-corrected chi connectivity index (χ2v) is 6.42. The van der Waals surface area contributed by atoms with E-state index in [4.69, 9.17) is 0 Å². The van der Waals surface area contributed by atoms with Crippen LogP contribution in [0.2, 0.25) is 0 Å². The van der Waals surface area contributed by atoms with Crippen molar-refractivity contribution in [2.45, 2.75) is 51.5 Å². The van der Waals surface area contributed by atoms with Crippen LogP contribution in [-0.2, 0) is 16.0 Å². The lowest BCUT2D eigenvalue weighted by Gasteiger charge is -2.28. The molecule has 1 aliphatic heterocycles. The number of aryl methyl sites for hydroxylation is 1. The number of hydrogen-bond acceptors (Lipinski definition) is 2. The SMILES string of the molecule is Cc1ccc(CC(=O)N2CCCC2C2CCCC2=O)cc1. The third-order valence-electron chi connectivity index (χ3n) is 4.91. The van der Waals surface area contributed by atoms with Crippen molar-refractivity contribution in [1.82, 2.24) is 4.90 Å². The summed E-state index contributed by atoms with van der Waals surface area (Å²) in [5.74, 6) is 0.658. The van der Waals surface area contributed by atoms with E-state index >= 15 is 0 Å². The van der Waals surface area contributed by atoms with Crippen LogP contribution < -0.4 is 0 Å². The summed E-state index contributed by atoms with van der Waals surface area (Å²) < 4.78 is 0. The molecule has 0 radical (unpaired) electrons. The second-order valence-electron chi connectivity index (χ2n) is 6.42. The van der Waals surface area contributed by atoms with Crippen molar-refractivity contribution in [1.29, 1.82) is 0 Å². The van der Waals surface area contributed by atoms with Crippen LogP contribution in [0.4, 0.5) is 0 Å². The van der Waals surface area contributed by atoms with E-state index in [1.54, 1.807) is 0 Å². The van der Waals surface area contributed by atoms with Gasteiger partial charge >= 0.3 is 0 Å². The Labute approximate surface area is 126 Å². The zero-order valence-electron chi connectivity index (χ0n) is 12.7. The average Bonchev–Trinajstić information content (AvgIpc) is 3.09. The Kier molecular flexibility index (Phi) is 4.09. The van der Waals surface area contributed by atoms with Gasteiger partial charge in [-0.25, -0.2) is 0 Å². The molecule has 3 heteroatoms. The molecular formula is C18H23NO2. The molecule has 1 aromatic carbocycles. The van der Waals surface area contributed by atoms with Crippen molar-refractivity contribution in [3.05, 3.63) is 35.4 Å². The van der Waals surface area contributed by atoms with E-state index in [-0.39, 0.29) is 17.9 Å². The van der Waals surface area contributed by atoms with Gasteiger partial charge in [-0.15, -0.1) is 0 Å². The Balaban J connectivity index is 1.68. The smallest absolute Gasteiger partial charge is 0.227 e. The van der Waals surface area contributed by atoms with Crippen LogP contribution in [0, 0.1) is 12.8 Å². The second kappa shape index (κ2) is 6.00. The van der Waals surface area contributed by atoms with Crippen LogP contribution >= 0.6 is 0 Å². The molecule has 112 valence electrons. The number of ketones is 1. The van der Waals surface area contributed by atoms with Gasteiger partial charge in [0.15, 0.2) is 0 Å². The van der Waals surface area contributed by atoms with Gasteiger partial charge in [-0.05, 0) is 38.2 Å². The predicted octanol–water partition coefficient (Wildman–Crippen LogP) is 2.90. The van der Waals surface area contributed by atoms with Crippen molar-refractivity contribution < 1.29 is 9.59 Å². The summed E-state index contributed by atoms with van der Waals surface area (Å²) in [4.78, 5) is 26.6. The highest BCUT2D eigenvalue weighted by Gasteiger charge is 2.39. The lowest BCUT2D eigenvalue weighted by Crippen LogP contribution is -2.42. The monoisotopic (exact) mass is 285 g/mol. The Morgan fingerprint density at radius 2 is 1.95 bits per heavy atom. The fourth-order valence-electron chi connectivity index (χ4n) is 3.75. The molecule has 1 saturated heterocycles. The van der Waals surface area contributed by atoms with Crippen LogP contribution in [-0.4, -0.2) is 29.2 Å². The summed E-state index contributed by atoms with van der Waals surface area (Å²) in [7, 11) is 0. The first-order valence-corrected chi connectivity index (χ1v) is 8.03. The molecule has 1 aromatic rings. The minimum Gasteiger partial charge on any atom is -0.339 e. The maximum atomic E-state index is 12.6. The molecule has 3 nitrogen and oxygen atoms in total. The molecular weight excluding hydrogens is 262 g/mol. The van der Waals surface area contributed by atoms with Gasteiger partial charge < -0.3 is 4.90 Å². The largest absolute Gasteiger partial charge is 0.339 e. The van der Waals surface area contributed by atoms with E-state index < -0.39 is 0 Å². The van der Waals surface area contributed by atoms with Crippen molar-refractivity contribution >= 4 is 11.7 Å². The number of amides is 1. The van der Waals surface area contributed by atoms with Gasteiger partial charge in [0.25, 0.3) is 0 Å². The topological polar surface area (TPSA) is 37.4 Å². The molecule has 2 fully saturated rings. The first-order valence-electron chi connectivity index (χ1n) is 8.03. The summed E-state index contributed by atoms with van der Waals surface area (Å²) in [6.45, 7) is 2.87. The fourth-order valence-corrected chi connectivity index (χ4v) is 3.75. The minimum atomic E-state index is 0.106. The van der Waals surface area contributed by atoms with Gasteiger partial charge in [0, 0.05) is 24.9 Å². The molecule has 3 rings (SSSR count). The normalized spacial score (nSPS) is 25.6. The first kappa shape index (κ1) is 14.3. The van der Waals surface area contributed by atoms with Crippen LogP contribution in [0.25, 0.3) is 0 Å². The summed E-state index contributed by atoms with van der Waals surface area (Å²) in [5, 5.41) is 0. The number of nitrogens with zero attached hydrogens (tertiary/aromatic N) is 1. The zero-order valence-corrected chi connectivity index (χ0v) is 12.7. The third kappa shape index (κ3) is 3.02. The highest BCUT2D eigenvalue weighted by Crippen LogP contribution is 2.33. The molecule has 1 heterocycles. The van der Waals surface area contributed by atoms with Crippen LogP contribution in [0.5, 0.6) is 0 Å². The Morgan fingerprint density at radius 1 is 1.19 bits per heavy atom. The van der Waals surface area contributed by atoms with Gasteiger partial charge in [0.05, 0.1) is 6.42 Å². The number of rotatable bonds is 3. The third-order valence-corrected chi connectivity index (χ3v) is 4.91. The number of likely N-dealkylation sites (tertiary alicyclic amines) is 1. The average molecular weight is 285 g/mol. The summed E-state index contributed by atoms with van der Waals surface area (Å²) in [6.07, 6.45) is 5.17. The quantitative estimate of drug-likeness (QED) is 0.856. The van der Waals surface area contributed by atoms with Gasteiger partial charge in [0.1, 0.15) is 5.78 Å². The molecule has 0 N–H and O–H groups in total. The zero-order chi connectivity index (χ0) is 14.8. The van der Waals surface area contributed by atoms with E-state index in [2.05, 4.69) is 0 Å². The highest BCUT2D eigenvalue weighted by atomic mass is 16.2. The van der Waals surface area contributed by atoms with E-state index in [0.29, 0.717) is 18.6 Å². The minimum absolute atomic E-state index is 0.106.